The topological polar surface area (TPSA) is 40.6 Å². The van der Waals surface area contributed by atoms with Gasteiger partial charge in [-0.2, -0.15) is 0 Å². The Morgan fingerprint density at radius 2 is 1.55 bits per heavy atom. The summed E-state index contributed by atoms with van der Waals surface area (Å²) in [6, 6.07) is 15.4. The van der Waals surface area contributed by atoms with Gasteiger partial charge in [0.1, 0.15) is 5.82 Å². The third-order valence-electron chi connectivity index (χ3n) is 6.20. The second-order valence-corrected chi connectivity index (χ2v) is 11.2. The molecule has 0 unspecified atom stereocenters. The average molecular weight is 487 g/mol. The largest absolute Gasteiger partial charge is 0.377 e. The predicted octanol–water partition coefficient (Wildman–Crippen LogP) is 5.00. The number of benzene rings is 3. The van der Waals surface area contributed by atoms with E-state index in [0.717, 1.165) is 42.6 Å². The van der Waals surface area contributed by atoms with E-state index < -0.39 is 15.7 Å². The second kappa shape index (κ2) is 9.45. The van der Waals surface area contributed by atoms with Crippen molar-refractivity contribution in [1.82, 2.24) is 4.90 Å². The summed E-state index contributed by atoms with van der Waals surface area (Å²) in [7, 11) is 2.14. The van der Waals surface area contributed by atoms with Gasteiger partial charge in [-0.25, -0.2) is 12.8 Å². The fourth-order valence-corrected chi connectivity index (χ4v) is 5.98. The Bertz CT molecular complexity index is 1270. The van der Waals surface area contributed by atoms with Crippen LogP contribution in [0.15, 0.2) is 64.4 Å². The number of hydrogen-bond acceptors (Lipinski definition) is 4. The monoisotopic (exact) mass is 486 g/mol. The van der Waals surface area contributed by atoms with Crippen LogP contribution in [-0.4, -0.2) is 47.6 Å². The van der Waals surface area contributed by atoms with E-state index in [2.05, 4.69) is 11.9 Å². The van der Waals surface area contributed by atoms with Crippen molar-refractivity contribution in [2.24, 2.45) is 0 Å². The van der Waals surface area contributed by atoms with Crippen LogP contribution < -0.4 is 4.90 Å². The maximum Gasteiger partial charge on any atom is 0.208 e. The number of nitrogens with zero attached hydrogens (tertiary/aromatic N) is 2. The molecule has 0 saturated carbocycles. The van der Waals surface area contributed by atoms with E-state index in [1.807, 2.05) is 31.1 Å². The SMILES string of the molecule is CN1CCc2cc(N(C)C)c(S(=O)(=O)c3ccc(Cc4ccc(F)c(Cl)c4)cc3)cc2CC1. The van der Waals surface area contributed by atoms with Crippen LogP contribution in [0.3, 0.4) is 0 Å². The third kappa shape index (κ3) is 5.08. The Kier molecular flexibility index (Phi) is 6.80. The van der Waals surface area contributed by atoms with Gasteiger partial charge < -0.3 is 9.80 Å². The first-order valence-corrected chi connectivity index (χ1v) is 12.8. The van der Waals surface area contributed by atoms with E-state index in [1.165, 1.54) is 11.6 Å². The molecule has 0 N–H and O–H groups in total. The predicted molar refractivity (Wildman–Crippen MR) is 132 cm³/mol. The minimum Gasteiger partial charge on any atom is -0.377 e. The van der Waals surface area contributed by atoms with E-state index in [-0.39, 0.29) is 9.92 Å². The lowest BCUT2D eigenvalue weighted by atomic mass is 10.0. The minimum atomic E-state index is -3.70. The molecule has 4 rings (SSSR count). The van der Waals surface area contributed by atoms with Gasteiger partial charge in [-0.05, 0) is 85.0 Å². The summed E-state index contributed by atoms with van der Waals surface area (Å²) in [6.07, 6.45) is 2.28. The molecule has 0 bridgehead atoms. The van der Waals surface area contributed by atoms with Gasteiger partial charge in [0.15, 0.2) is 0 Å². The van der Waals surface area contributed by atoms with Crippen molar-refractivity contribution < 1.29 is 12.8 Å². The number of rotatable bonds is 5. The van der Waals surface area contributed by atoms with Crippen LogP contribution in [-0.2, 0) is 29.1 Å². The molecule has 33 heavy (non-hydrogen) atoms. The molecule has 0 amide bonds. The summed E-state index contributed by atoms with van der Waals surface area (Å²) < 4.78 is 40.7. The van der Waals surface area contributed by atoms with Crippen molar-refractivity contribution in [3.05, 3.63) is 87.7 Å². The molecule has 0 radical (unpaired) electrons. The van der Waals surface area contributed by atoms with Crippen molar-refractivity contribution in [1.29, 1.82) is 0 Å². The van der Waals surface area contributed by atoms with Gasteiger partial charge in [0.2, 0.25) is 9.84 Å². The standard InChI is InChI=1S/C26H28ClFN2O2S/c1-29(2)25-16-20-10-12-30(3)13-11-21(20)17-26(25)33(31,32)22-7-4-18(5-8-22)14-19-6-9-24(28)23(27)15-19/h4-9,15-17H,10-14H2,1-3H3. The number of sulfone groups is 1. The van der Waals surface area contributed by atoms with Gasteiger partial charge in [0.05, 0.1) is 20.5 Å². The highest BCUT2D eigenvalue weighted by atomic mass is 35.5. The summed E-state index contributed by atoms with van der Waals surface area (Å²) in [5.74, 6) is -0.453. The summed E-state index contributed by atoms with van der Waals surface area (Å²) >= 11 is 5.88. The van der Waals surface area contributed by atoms with E-state index in [4.69, 9.17) is 11.6 Å². The van der Waals surface area contributed by atoms with Gasteiger partial charge in [-0.3, -0.25) is 0 Å². The van der Waals surface area contributed by atoms with Gasteiger partial charge in [0.25, 0.3) is 0 Å². The van der Waals surface area contributed by atoms with Crippen LogP contribution in [0.1, 0.15) is 22.3 Å². The highest BCUT2D eigenvalue weighted by Gasteiger charge is 2.25. The summed E-state index contributed by atoms with van der Waals surface area (Å²) in [5, 5.41) is 0.0808. The first kappa shape index (κ1) is 23.7. The fourth-order valence-electron chi connectivity index (χ4n) is 4.22. The van der Waals surface area contributed by atoms with Crippen LogP contribution in [0.25, 0.3) is 0 Å². The molecule has 1 aliphatic rings. The van der Waals surface area contributed by atoms with Gasteiger partial charge in [-0.15, -0.1) is 0 Å². The fraction of sp³-hybridized carbons (Fsp3) is 0.308. The lowest BCUT2D eigenvalue weighted by Gasteiger charge is -2.21. The lowest BCUT2D eigenvalue weighted by Crippen LogP contribution is -2.20. The summed E-state index contributed by atoms with van der Waals surface area (Å²) in [5.41, 5.74) is 4.82. The molecule has 0 saturated heterocycles. The molecule has 4 nitrogen and oxygen atoms in total. The zero-order valence-corrected chi connectivity index (χ0v) is 20.7. The first-order valence-electron chi connectivity index (χ1n) is 10.9. The van der Waals surface area contributed by atoms with Crippen LogP contribution >= 0.6 is 11.6 Å². The number of likely N-dealkylation sites (N-methyl/N-ethyl adjacent to an activating group) is 1. The molecule has 3 aromatic carbocycles. The van der Waals surface area contributed by atoms with Gasteiger partial charge in [-0.1, -0.05) is 29.8 Å². The minimum absolute atomic E-state index is 0.0808. The van der Waals surface area contributed by atoms with E-state index in [0.29, 0.717) is 17.0 Å². The molecule has 1 aliphatic heterocycles. The Morgan fingerprint density at radius 3 is 2.15 bits per heavy atom. The smallest absolute Gasteiger partial charge is 0.208 e. The Labute approximate surface area is 200 Å². The molecule has 1 heterocycles. The van der Waals surface area contributed by atoms with Crippen LogP contribution in [0, 0.1) is 5.82 Å². The summed E-state index contributed by atoms with van der Waals surface area (Å²) in [6.45, 7) is 1.88. The molecule has 174 valence electrons. The van der Waals surface area contributed by atoms with Crippen molar-refractivity contribution in [2.75, 3.05) is 39.1 Å². The van der Waals surface area contributed by atoms with Crippen molar-refractivity contribution >= 4 is 27.1 Å². The van der Waals surface area contributed by atoms with Crippen LogP contribution in [0.5, 0.6) is 0 Å². The number of hydrogen-bond donors (Lipinski definition) is 0. The molecular formula is C26H28ClFN2O2S. The molecule has 7 heteroatoms. The molecule has 0 fully saturated rings. The van der Waals surface area contributed by atoms with Gasteiger partial charge in [0, 0.05) is 27.2 Å². The molecule has 0 aromatic heterocycles. The van der Waals surface area contributed by atoms with Crippen LogP contribution in [0.2, 0.25) is 5.02 Å². The van der Waals surface area contributed by atoms with Crippen LogP contribution in [0.4, 0.5) is 10.1 Å². The highest BCUT2D eigenvalue weighted by Crippen LogP contribution is 2.34. The van der Waals surface area contributed by atoms with Crippen molar-refractivity contribution in [3.63, 3.8) is 0 Å². The molecule has 0 aliphatic carbocycles. The average Bonchev–Trinajstić information content (AvgIpc) is 2.97. The Morgan fingerprint density at radius 1 is 0.939 bits per heavy atom. The Hall–Kier alpha value is -2.41. The normalized spacial score (nSPS) is 14.6. The molecule has 0 spiro atoms. The highest BCUT2D eigenvalue weighted by molar-refractivity contribution is 7.91. The third-order valence-corrected chi connectivity index (χ3v) is 8.29. The molecule has 0 atom stereocenters. The zero-order chi connectivity index (χ0) is 23.8. The second-order valence-electron chi connectivity index (χ2n) is 8.86. The molecule has 3 aromatic rings. The Balaban J connectivity index is 1.67. The van der Waals surface area contributed by atoms with Crippen molar-refractivity contribution in [3.8, 4) is 0 Å². The zero-order valence-electron chi connectivity index (χ0n) is 19.1. The maximum atomic E-state index is 13.7. The quantitative estimate of drug-likeness (QED) is 0.509. The van der Waals surface area contributed by atoms with E-state index >= 15 is 0 Å². The van der Waals surface area contributed by atoms with E-state index in [1.54, 1.807) is 36.4 Å². The lowest BCUT2D eigenvalue weighted by molar-refractivity contribution is 0.352. The van der Waals surface area contributed by atoms with Crippen molar-refractivity contribution in [2.45, 2.75) is 29.1 Å². The number of anilines is 1. The molecular weight excluding hydrogens is 459 g/mol. The summed E-state index contributed by atoms with van der Waals surface area (Å²) in [4.78, 5) is 4.75. The number of halogens is 2. The maximum absolute atomic E-state index is 13.7. The first-order chi connectivity index (χ1) is 15.6. The van der Waals surface area contributed by atoms with Gasteiger partial charge >= 0.3 is 0 Å². The number of fused-ring (bicyclic) bond motifs is 1. The van der Waals surface area contributed by atoms with E-state index in [9.17, 15) is 12.8 Å².